The number of aromatic nitrogens is 1. The molecule has 1 amide bonds. The lowest BCUT2D eigenvalue weighted by atomic mass is 9.95. The summed E-state index contributed by atoms with van der Waals surface area (Å²) in [5, 5.41) is 3.17. The van der Waals surface area contributed by atoms with E-state index in [1.165, 1.54) is 23.4 Å². The summed E-state index contributed by atoms with van der Waals surface area (Å²) in [6.45, 7) is 5.60. The van der Waals surface area contributed by atoms with Crippen LogP contribution in [-0.2, 0) is 17.5 Å². The van der Waals surface area contributed by atoms with Gasteiger partial charge in [-0.1, -0.05) is 24.3 Å². The summed E-state index contributed by atoms with van der Waals surface area (Å²) in [5.41, 5.74) is 1.87. The van der Waals surface area contributed by atoms with Gasteiger partial charge in [-0.05, 0) is 55.9 Å². The van der Waals surface area contributed by atoms with E-state index < -0.39 is 11.7 Å². The Labute approximate surface area is 193 Å². The zero-order valence-electron chi connectivity index (χ0n) is 18.9. The molecule has 4 rings (SSSR count). The summed E-state index contributed by atoms with van der Waals surface area (Å²) < 4.78 is 40.2. The lowest BCUT2D eigenvalue weighted by molar-refractivity contribution is -0.137. The molecule has 178 valence electrons. The van der Waals surface area contributed by atoms with Crippen LogP contribution in [0.15, 0.2) is 42.6 Å². The van der Waals surface area contributed by atoms with E-state index in [4.69, 9.17) is 0 Å². The highest BCUT2D eigenvalue weighted by molar-refractivity contribution is 5.80. The maximum atomic E-state index is 13.4. The van der Waals surface area contributed by atoms with Gasteiger partial charge >= 0.3 is 6.18 Å². The molecule has 0 aliphatic carbocycles. The molecular weight excluding hydrogens is 429 g/mol. The topological polar surface area (TPSA) is 48.5 Å². The predicted molar refractivity (Wildman–Crippen MR) is 122 cm³/mol. The molecule has 1 atom stereocenters. The van der Waals surface area contributed by atoms with Crippen LogP contribution < -0.4 is 10.2 Å². The van der Waals surface area contributed by atoms with E-state index in [1.54, 1.807) is 4.90 Å². The van der Waals surface area contributed by atoms with Gasteiger partial charge in [0, 0.05) is 45.0 Å². The number of benzene rings is 1. The third kappa shape index (κ3) is 5.85. The Balaban J connectivity index is 1.30. The Bertz CT molecular complexity index is 957. The highest BCUT2D eigenvalue weighted by Gasteiger charge is 2.37. The monoisotopic (exact) mass is 460 g/mol. The molecule has 33 heavy (non-hydrogen) atoms. The zero-order chi connectivity index (χ0) is 23.4. The largest absolute Gasteiger partial charge is 0.419 e. The van der Waals surface area contributed by atoms with Gasteiger partial charge in [-0.25, -0.2) is 4.98 Å². The zero-order valence-corrected chi connectivity index (χ0v) is 18.9. The number of carbonyl (C=O) groups is 1. The average Bonchev–Trinajstić information content (AvgIpc) is 2.81. The van der Waals surface area contributed by atoms with Crippen molar-refractivity contribution < 1.29 is 18.0 Å². The average molecular weight is 461 g/mol. The van der Waals surface area contributed by atoms with E-state index >= 15 is 0 Å². The molecule has 2 fully saturated rings. The molecule has 2 saturated heterocycles. The molecule has 1 aromatic carbocycles. The highest BCUT2D eigenvalue weighted by atomic mass is 19.4. The number of piperidine rings is 2. The SMILES string of the molecule is Cc1ccccc1CN1CCC(NC(=O)C2CCCN(c3ncccc3C(F)(F)F)C2)CC1. The maximum absolute atomic E-state index is 13.4. The minimum Gasteiger partial charge on any atom is -0.355 e. The number of rotatable bonds is 5. The number of hydrogen-bond donors (Lipinski definition) is 1. The first-order valence-electron chi connectivity index (χ1n) is 11.7. The summed E-state index contributed by atoms with van der Waals surface area (Å²) in [7, 11) is 0. The number of nitrogens with one attached hydrogen (secondary N) is 1. The first kappa shape index (κ1) is 23.5. The van der Waals surface area contributed by atoms with Gasteiger partial charge in [-0.3, -0.25) is 9.69 Å². The van der Waals surface area contributed by atoms with Crippen molar-refractivity contribution in [2.45, 2.75) is 51.4 Å². The third-order valence-electron chi connectivity index (χ3n) is 6.77. The number of aryl methyl sites for hydroxylation is 1. The molecule has 0 radical (unpaired) electrons. The first-order valence-corrected chi connectivity index (χ1v) is 11.7. The van der Waals surface area contributed by atoms with Crippen molar-refractivity contribution >= 4 is 11.7 Å². The van der Waals surface area contributed by atoms with E-state index in [0.29, 0.717) is 19.4 Å². The Morgan fingerprint density at radius 2 is 1.85 bits per heavy atom. The fraction of sp³-hybridized carbons (Fsp3) is 0.520. The van der Waals surface area contributed by atoms with E-state index in [0.717, 1.165) is 38.5 Å². The molecule has 0 spiro atoms. The normalized spacial score (nSPS) is 20.6. The molecular formula is C25H31F3N4O. The summed E-state index contributed by atoms with van der Waals surface area (Å²) in [5.74, 6) is -0.458. The number of carbonyl (C=O) groups excluding carboxylic acids is 1. The Morgan fingerprint density at radius 1 is 1.09 bits per heavy atom. The highest BCUT2D eigenvalue weighted by Crippen LogP contribution is 2.36. The van der Waals surface area contributed by atoms with E-state index in [1.807, 2.05) is 6.07 Å². The summed E-state index contributed by atoms with van der Waals surface area (Å²) in [6, 6.07) is 10.8. The Kier molecular flexibility index (Phi) is 7.22. The van der Waals surface area contributed by atoms with Gasteiger partial charge in [0.1, 0.15) is 5.82 Å². The smallest absolute Gasteiger partial charge is 0.355 e. The van der Waals surface area contributed by atoms with Crippen LogP contribution >= 0.6 is 0 Å². The van der Waals surface area contributed by atoms with Gasteiger partial charge in [0.15, 0.2) is 0 Å². The minimum atomic E-state index is -4.47. The van der Waals surface area contributed by atoms with Crippen LogP contribution in [0.1, 0.15) is 42.4 Å². The van der Waals surface area contributed by atoms with Gasteiger partial charge in [0.25, 0.3) is 0 Å². The lowest BCUT2D eigenvalue weighted by Crippen LogP contribution is -2.49. The Morgan fingerprint density at radius 3 is 2.58 bits per heavy atom. The number of hydrogen-bond acceptors (Lipinski definition) is 4. The van der Waals surface area contributed by atoms with Crippen LogP contribution in [0, 0.1) is 12.8 Å². The number of halogens is 3. The summed E-state index contributed by atoms with van der Waals surface area (Å²) >= 11 is 0. The van der Waals surface area contributed by atoms with Crippen molar-refractivity contribution in [3.8, 4) is 0 Å². The fourth-order valence-electron chi connectivity index (χ4n) is 4.84. The lowest BCUT2D eigenvalue weighted by Gasteiger charge is -2.36. The molecule has 2 aromatic rings. The molecule has 1 N–H and O–H groups in total. The van der Waals surface area contributed by atoms with E-state index in [2.05, 4.69) is 40.3 Å². The third-order valence-corrected chi connectivity index (χ3v) is 6.77. The van der Waals surface area contributed by atoms with Crippen molar-refractivity contribution in [3.05, 3.63) is 59.3 Å². The van der Waals surface area contributed by atoms with Crippen LogP contribution in [0.2, 0.25) is 0 Å². The van der Waals surface area contributed by atoms with Crippen LogP contribution in [0.5, 0.6) is 0 Å². The van der Waals surface area contributed by atoms with Gasteiger partial charge in [-0.2, -0.15) is 13.2 Å². The van der Waals surface area contributed by atoms with Crippen LogP contribution in [0.3, 0.4) is 0 Å². The van der Waals surface area contributed by atoms with Crippen LogP contribution in [0.25, 0.3) is 0 Å². The second-order valence-electron chi connectivity index (χ2n) is 9.14. The minimum absolute atomic E-state index is 0.0541. The second-order valence-corrected chi connectivity index (χ2v) is 9.14. The Hall–Kier alpha value is -2.61. The summed E-state index contributed by atoms with van der Waals surface area (Å²) in [4.78, 5) is 21.0. The van der Waals surface area contributed by atoms with Crippen molar-refractivity contribution in [1.82, 2.24) is 15.2 Å². The summed E-state index contributed by atoms with van der Waals surface area (Å²) in [6.07, 6.45) is 0.0204. The van der Waals surface area contributed by atoms with Crippen molar-refractivity contribution in [3.63, 3.8) is 0 Å². The molecule has 3 heterocycles. The number of nitrogens with zero attached hydrogens (tertiary/aromatic N) is 3. The molecule has 0 saturated carbocycles. The first-order chi connectivity index (χ1) is 15.8. The van der Waals surface area contributed by atoms with Gasteiger partial charge in [-0.15, -0.1) is 0 Å². The van der Waals surface area contributed by atoms with Gasteiger partial charge < -0.3 is 10.2 Å². The molecule has 5 nitrogen and oxygen atoms in total. The number of likely N-dealkylation sites (tertiary alicyclic amines) is 1. The van der Waals surface area contributed by atoms with E-state index in [-0.39, 0.29) is 30.2 Å². The predicted octanol–water partition coefficient (Wildman–Crippen LogP) is 4.41. The quantitative estimate of drug-likeness (QED) is 0.718. The number of amides is 1. The molecule has 1 unspecified atom stereocenters. The van der Waals surface area contributed by atoms with Gasteiger partial charge in [0.2, 0.25) is 5.91 Å². The molecule has 2 aliphatic rings. The molecule has 8 heteroatoms. The van der Waals surface area contributed by atoms with Crippen molar-refractivity contribution in [2.24, 2.45) is 5.92 Å². The molecule has 2 aliphatic heterocycles. The van der Waals surface area contributed by atoms with Crippen molar-refractivity contribution in [2.75, 3.05) is 31.1 Å². The molecule has 0 bridgehead atoms. The van der Waals surface area contributed by atoms with Crippen molar-refractivity contribution in [1.29, 1.82) is 0 Å². The maximum Gasteiger partial charge on any atom is 0.419 e. The van der Waals surface area contributed by atoms with Crippen LogP contribution in [-0.4, -0.2) is 48.0 Å². The fourth-order valence-corrected chi connectivity index (χ4v) is 4.84. The second kappa shape index (κ2) is 10.1. The number of anilines is 1. The molecule has 1 aromatic heterocycles. The van der Waals surface area contributed by atoms with Crippen LogP contribution in [0.4, 0.5) is 19.0 Å². The van der Waals surface area contributed by atoms with Gasteiger partial charge in [0.05, 0.1) is 11.5 Å². The van der Waals surface area contributed by atoms with E-state index in [9.17, 15) is 18.0 Å². The standard InChI is InChI=1S/C25H31F3N4O/c1-18-6-2-3-7-19(18)16-31-14-10-21(11-15-31)30-24(33)20-8-5-13-32(17-20)23-22(25(26,27)28)9-4-12-29-23/h2-4,6-7,9,12,20-21H,5,8,10-11,13-17H2,1H3,(H,30,33). The number of pyridine rings is 1. The number of alkyl halides is 3.